The number of nitrogens with one attached hydrogen (secondary N) is 1. The van der Waals surface area contributed by atoms with E-state index in [1.807, 2.05) is 70.2 Å². The van der Waals surface area contributed by atoms with Crippen molar-refractivity contribution in [2.75, 3.05) is 12.0 Å². The van der Waals surface area contributed by atoms with Crippen molar-refractivity contribution in [3.8, 4) is 11.1 Å². The predicted octanol–water partition coefficient (Wildman–Crippen LogP) is 4.77. The molecule has 0 spiro atoms. The second-order valence-corrected chi connectivity index (χ2v) is 3.25. The van der Waals surface area contributed by atoms with E-state index in [1.54, 1.807) is 0 Å². The van der Waals surface area contributed by atoms with Crippen LogP contribution in [-0.2, 0) is 0 Å². The van der Waals surface area contributed by atoms with Crippen LogP contribution in [0.1, 0.15) is 27.7 Å². The van der Waals surface area contributed by atoms with Gasteiger partial charge in [0.05, 0.1) is 0 Å². The average Bonchev–Trinajstić information content (AvgIpc) is 2.53. The second kappa shape index (κ2) is 11.3. The maximum absolute atomic E-state index is 8.88. The van der Waals surface area contributed by atoms with Crippen LogP contribution in [0.3, 0.4) is 0 Å². The molecular weight excluding hydrogens is 234 g/mol. The standard InChI is InChI=1S/C13H13NO.2C2H6/c15-10-14-13-9-5-4-8-12(13)11-6-2-1-3-7-11;2*1-2/h1-9,14-15H,10H2;2*1-2H3. The van der Waals surface area contributed by atoms with Crippen LogP contribution in [-0.4, -0.2) is 11.8 Å². The molecule has 0 saturated carbocycles. The van der Waals surface area contributed by atoms with Crippen LogP contribution in [0.2, 0.25) is 0 Å². The number of hydrogen-bond acceptors (Lipinski definition) is 2. The van der Waals surface area contributed by atoms with Gasteiger partial charge in [0, 0.05) is 11.3 Å². The van der Waals surface area contributed by atoms with Gasteiger partial charge in [-0.2, -0.15) is 0 Å². The third-order valence-corrected chi connectivity index (χ3v) is 2.28. The van der Waals surface area contributed by atoms with Crippen molar-refractivity contribution >= 4 is 5.69 Å². The first-order chi connectivity index (χ1) is 9.42. The normalized spacial score (nSPS) is 8.47. The number of anilines is 1. The number of para-hydroxylation sites is 1. The molecule has 2 rings (SSSR count). The first kappa shape index (κ1) is 17.2. The van der Waals surface area contributed by atoms with E-state index in [0.29, 0.717) is 0 Å². The molecule has 2 heteroatoms. The van der Waals surface area contributed by atoms with Gasteiger partial charge in [-0.3, -0.25) is 0 Å². The van der Waals surface area contributed by atoms with Crippen molar-refractivity contribution in [1.29, 1.82) is 0 Å². The minimum absolute atomic E-state index is 0.0517. The van der Waals surface area contributed by atoms with E-state index in [0.717, 1.165) is 16.8 Å². The Balaban J connectivity index is 0.000000741. The van der Waals surface area contributed by atoms with Crippen LogP contribution >= 0.6 is 0 Å². The summed E-state index contributed by atoms with van der Waals surface area (Å²) in [4.78, 5) is 0. The largest absolute Gasteiger partial charge is 0.377 e. The summed E-state index contributed by atoms with van der Waals surface area (Å²) in [6.07, 6.45) is 0. The minimum Gasteiger partial charge on any atom is -0.377 e. The fourth-order valence-electron chi connectivity index (χ4n) is 1.59. The Bertz CT molecular complexity index is 426. The molecule has 2 N–H and O–H groups in total. The van der Waals surface area contributed by atoms with Gasteiger partial charge in [-0.25, -0.2) is 0 Å². The highest BCUT2D eigenvalue weighted by Gasteiger charge is 2.01. The molecule has 0 radical (unpaired) electrons. The highest BCUT2D eigenvalue weighted by atomic mass is 16.3. The van der Waals surface area contributed by atoms with Gasteiger partial charge in [-0.15, -0.1) is 0 Å². The van der Waals surface area contributed by atoms with Crippen molar-refractivity contribution in [2.24, 2.45) is 0 Å². The Kier molecular flexibility index (Phi) is 10.2. The summed E-state index contributed by atoms with van der Waals surface area (Å²) < 4.78 is 0. The predicted molar refractivity (Wildman–Crippen MR) is 85.3 cm³/mol. The molecular formula is C17H25NO. The van der Waals surface area contributed by atoms with E-state index >= 15 is 0 Å². The summed E-state index contributed by atoms with van der Waals surface area (Å²) in [5.41, 5.74) is 3.20. The van der Waals surface area contributed by atoms with E-state index in [4.69, 9.17) is 5.11 Å². The highest BCUT2D eigenvalue weighted by Crippen LogP contribution is 2.26. The summed E-state index contributed by atoms with van der Waals surface area (Å²) >= 11 is 0. The summed E-state index contributed by atoms with van der Waals surface area (Å²) in [6, 6.07) is 18.0. The first-order valence-electron chi connectivity index (χ1n) is 6.91. The van der Waals surface area contributed by atoms with E-state index in [1.165, 1.54) is 0 Å². The lowest BCUT2D eigenvalue weighted by atomic mass is 10.0. The number of rotatable bonds is 3. The number of aliphatic hydroxyl groups is 1. The fraction of sp³-hybridized carbons (Fsp3) is 0.294. The van der Waals surface area contributed by atoms with Gasteiger partial charge in [0.2, 0.25) is 0 Å². The maximum atomic E-state index is 8.88. The van der Waals surface area contributed by atoms with Crippen LogP contribution in [0.4, 0.5) is 5.69 Å². The quantitative estimate of drug-likeness (QED) is 0.778. The lowest BCUT2D eigenvalue weighted by Crippen LogP contribution is -2.00. The summed E-state index contributed by atoms with van der Waals surface area (Å²) in [6.45, 7) is 7.95. The molecule has 104 valence electrons. The minimum atomic E-state index is -0.0517. The van der Waals surface area contributed by atoms with Crippen LogP contribution < -0.4 is 5.32 Å². The molecule has 0 fully saturated rings. The molecule has 2 aromatic rings. The molecule has 0 aliphatic heterocycles. The Morgan fingerprint density at radius 1 is 0.789 bits per heavy atom. The molecule has 0 heterocycles. The van der Waals surface area contributed by atoms with Gasteiger partial charge in [-0.1, -0.05) is 76.2 Å². The molecule has 0 aliphatic carbocycles. The third kappa shape index (κ3) is 5.58. The molecule has 19 heavy (non-hydrogen) atoms. The molecule has 0 bridgehead atoms. The summed E-state index contributed by atoms with van der Waals surface area (Å²) in [5, 5.41) is 11.8. The molecule has 0 atom stereocenters. The van der Waals surface area contributed by atoms with Gasteiger partial charge in [0.25, 0.3) is 0 Å². The molecule has 0 saturated heterocycles. The Labute approximate surface area is 117 Å². The molecule has 0 unspecified atom stereocenters. The Hall–Kier alpha value is -1.80. The lowest BCUT2D eigenvalue weighted by Gasteiger charge is -2.09. The van der Waals surface area contributed by atoms with Crippen LogP contribution in [0.15, 0.2) is 54.6 Å². The van der Waals surface area contributed by atoms with Crippen molar-refractivity contribution in [3.63, 3.8) is 0 Å². The van der Waals surface area contributed by atoms with Crippen molar-refractivity contribution in [3.05, 3.63) is 54.6 Å². The Morgan fingerprint density at radius 3 is 1.89 bits per heavy atom. The van der Waals surface area contributed by atoms with Crippen LogP contribution in [0.25, 0.3) is 11.1 Å². The van der Waals surface area contributed by atoms with E-state index in [-0.39, 0.29) is 6.73 Å². The van der Waals surface area contributed by atoms with Crippen LogP contribution in [0.5, 0.6) is 0 Å². The van der Waals surface area contributed by atoms with Crippen LogP contribution in [0, 0.1) is 0 Å². The molecule has 0 aromatic heterocycles. The summed E-state index contributed by atoms with van der Waals surface area (Å²) in [7, 11) is 0. The zero-order chi connectivity index (χ0) is 14.5. The molecule has 0 amide bonds. The average molecular weight is 259 g/mol. The zero-order valence-electron chi connectivity index (χ0n) is 12.4. The first-order valence-corrected chi connectivity index (χ1v) is 6.91. The fourth-order valence-corrected chi connectivity index (χ4v) is 1.59. The van der Waals surface area contributed by atoms with Gasteiger partial charge in [0.15, 0.2) is 0 Å². The molecule has 2 nitrogen and oxygen atoms in total. The molecule has 0 aliphatic rings. The summed E-state index contributed by atoms with van der Waals surface area (Å²) in [5.74, 6) is 0. The van der Waals surface area contributed by atoms with Gasteiger partial charge in [-0.05, 0) is 11.6 Å². The van der Waals surface area contributed by atoms with Gasteiger partial charge >= 0.3 is 0 Å². The number of hydrogen-bond donors (Lipinski definition) is 2. The van der Waals surface area contributed by atoms with Crippen molar-refractivity contribution in [1.82, 2.24) is 0 Å². The monoisotopic (exact) mass is 259 g/mol. The van der Waals surface area contributed by atoms with E-state index in [2.05, 4.69) is 17.4 Å². The number of aliphatic hydroxyl groups excluding tert-OH is 1. The zero-order valence-corrected chi connectivity index (χ0v) is 12.4. The van der Waals surface area contributed by atoms with E-state index < -0.39 is 0 Å². The van der Waals surface area contributed by atoms with Crippen molar-refractivity contribution < 1.29 is 5.11 Å². The third-order valence-electron chi connectivity index (χ3n) is 2.28. The smallest absolute Gasteiger partial charge is 0.113 e. The Morgan fingerprint density at radius 2 is 1.32 bits per heavy atom. The second-order valence-electron chi connectivity index (χ2n) is 3.25. The highest BCUT2D eigenvalue weighted by molar-refractivity contribution is 5.77. The maximum Gasteiger partial charge on any atom is 0.113 e. The molecule has 2 aromatic carbocycles. The lowest BCUT2D eigenvalue weighted by molar-refractivity contribution is 0.326. The van der Waals surface area contributed by atoms with E-state index in [9.17, 15) is 0 Å². The number of benzene rings is 2. The van der Waals surface area contributed by atoms with Gasteiger partial charge < -0.3 is 10.4 Å². The SMILES string of the molecule is CC.CC.OCNc1ccccc1-c1ccccc1. The van der Waals surface area contributed by atoms with Gasteiger partial charge in [0.1, 0.15) is 6.73 Å². The van der Waals surface area contributed by atoms with Crippen molar-refractivity contribution in [2.45, 2.75) is 27.7 Å². The topological polar surface area (TPSA) is 32.3 Å².